The van der Waals surface area contributed by atoms with Crippen molar-refractivity contribution in [3.63, 3.8) is 0 Å². The van der Waals surface area contributed by atoms with Gasteiger partial charge in [-0.25, -0.2) is 8.42 Å². The van der Waals surface area contributed by atoms with Gasteiger partial charge in [0, 0.05) is 12.7 Å². The first-order valence-corrected chi connectivity index (χ1v) is 12.0. The van der Waals surface area contributed by atoms with Gasteiger partial charge in [-0.3, -0.25) is 9.10 Å². The van der Waals surface area contributed by atoms with Crippen LogP contribution in [0.25, 0.3) is 0 Å². The van der Waals surface area contributed by atoms with Crippen molar-refractivity contribution in [1.82, 2.24) is 5.32 Å². The molecule has 1 aromatic heterocycles. The number of aryl methyl sites for hydroxylation is 1. The summed E-state index contributed by atoms with van der Waals surface area (Å²) in [6, 6.07) is 19.3. The van der Waals surface area contributed by atoms with E-state index in [1.807, 2.05) is 61.5 Å². The van der Waals surface area contributed by atoms with E-state index in [-0.39, 0.29) is 11.4 Å². The van der Waals surface area contributed by atoms with Crippen molar-refractivity contribution in [1.29, 1.82) is 0 Å². The largest absolute Gasteiger partial charge is 0.389 e. The normalized spacial score (nSPS) is 16.5. The average Bonchev–Trinajstić information content (AvgIpc) is 3.22. The number of ketones is 1. The van der Waals surface area contributed by atoms with Gasteiger partial charge in [0.15, 0.2) is 4.91 Å². The van der Waals surface area contributed by atoms with E-state index in [1.165, 1.54) is 21.8 Å². The molecule has 0 unspecified atom stereocenters. The minimum Gasteiger partial charge on any atom is -0.389 e. The lowest BCUT2D eigenvalue weighted by Gasteiger charge is -2.29. The maximum atomic E-state index is 13.3. The van der Waals surface area contributed by atoms with E-state index in [0.29, 0.717) is 17.1 Å². The highest BCUT2D eigenvalue weighted by atomic mass is 32.2. The minimum atomic E-state index is -3.96. The lowest BCUT2D eigenvalue weighted by Crippen LogP contribution is -2.38. The number of nitrogens with one attached hydrogen (secondary N) is 1. The van der Waals surface area contributed by atoms with Crippen LogP contribution in [0, 0.1) is 6.92 Å². The second-order valence-corrected chi connectivity index (χ2v) is 9.91. The monoisotopic (exact) mass is 438 g/mol. The van der Waals surface area contributed by atoms with Crippen LogP contribution in [0.4, 0.5) is 5.69 Å². The van der Waals surface area contributed by atoms with E-state index in [0.717, 1.165) is 23.1 Å². The second kappa shape index (κ2) is 8.45. The van der Waals surface area contributed by atoms with Gasteiger partial charge < -0.3 is 5.32 Å². The molecular formula is C23H22N2O3S2. The van der Waals surface area contributed by atoms with Crippen molar-refractivity contribution in [3.8, 4) is 0 Å². The van der Waals surface area contributed by atoms with Gasteiger partial charge in [0.1, 0.15) is 4.88 Å². The van der Waals surface area contributed by atoms with E-state index in [9.17, 15) is 13.2 Å². The number of nitrogens with zero attached hydrogens (tertiary/aromatic N) is 1. The van der Waals surface area contributed by atoms with Crippen LogP contribution in [-0.2, 0) is 23.0 Å². The van der Waals surface area contributed by atoms with Gasteiger partial charge in [-0.05, 0) is 35.9 Å². The topological polar surface area (TPSA) is 66.5 Å². The number of hydrogen-bond acceptors (Lipinski definition) is 5. The second-order valence-electron chi connectivity index (χ2n) is 7.16. The molecule has 30 heavy (non-hydrogen) atoms. The molecule has 5 nitrogen and oxygen atoms in total. The van der Waals surface area contributed by atoms with Gasteiger partial charge in [0.2, 0.25) is 5.78 Å². The number of sulfonamides is 1. The third-order valence-electron chi connectivity index (χ3n) is 4.99. The summed E-state index contributed by atoms with van der Waals surface area (Å²) in [5.41, 5.74) is 3.57. The van der Waals surface area contributed by atoms with Crippen molar-refractivity contribution >= 4 is 32.8 Å². The summed E-state index contributed by atoms with van der Waals surface area (Å²) in [6.07, 6.45) is 2.08. The summed E-state index contributed by atoms with van der Waals surface area (Å²) in [4.78, 5) is 13.1. The third kappa shape index (κ3) is 4.04. The number of rotatable bonds is 6. The molecule has 0 spiro atoms. The molecule has 1 aliphatic heterocycles. The number of carbonyl (C=O) groups is 1. The molecule has 1 aliphatic rings. The first kappa shape index (κ1) is 20.4. The molecule has 4 rings (SSSR count). The number of fused-ring (bicyclic) bond motifs is 1. The van der Waals surface area contributed by atoms with E-state index in [1.54, 1.807) is 11.4 Å². The zero-order valence-corrected chi connectivity index (χ0v) is 18.2. The number of hydrogen-bond donors (Lipinski definition) is 1. The fourth-order valence-electron chi connectivity index (χ4n) is 3.34. The molecule has 0 aliphatic carbocycles. The molecule has 0 saturated carbocycles. The highest BCUT2D eigenvalue weighted by Crippen LogP contribution is 2.39. The van der Waals surface area contributed by atoms with Crippen LogP contribution in [0.5, 0.6) is 0 Å². The summed E-state index contributed by atoms with van der Waals surface area (Å²) in [7, 11) is -3.96. The number of anilines is 1. The van der Waals surface area contributed by atoms with Gasteiger partial charge in [-0.15, -0.1) is 11.3 Å². The zero-order chi connectivity index (χ0) is 21.1. The standard InChI is InChI=1S/C23H22N2O3S2/c1-17-7-9-19(10-8-17)16-25-20-12-14-29-23(20)22(26)21(30(25,27)28)15-24-13-11-18-5-3-2-4-6-18/h2-10,12,14-15,24H,11,13,16H2,1H3. The van der Waals surface area contributed by atoms with Crippen molar-refractivity contribution in [2.75, 3.05) is 10.8 Å². The van der Waals surface area contributed by atoms with Crippen molar-refractivity contribution < 1.29 is 13.2 Å². The molecule has 0 fully saturated rings. The average molecular weight is 439 g/mol. The Kier molecular flexibility index (Phi) is 5.74. The van der Waals surface area contributed by atoms with E-state index in [2.05, 4.69) is 5.32 Å². The molecule has 2 aromatic carbocycles. The quantitative estimate of drug-likeness (QED) is 0.461. The molecule has 3 aromatic rings. The number of allylic oxidation sites excluding steroid dienone is 1. The lowest BCUT2D eigenvalue weighted by molar-refractivity contribution is 0.104. The van der Waals surface area contributed by atoms with Crippen LogP contribution in [0.1, 0.15) is 26.4 Å². The zero-order valence-electron chi connectivity index (χ0n) is 16.5. The minimum absolute atomic E-state index is 0.182. The van der Waals surface area contributed by atoms with Crippen LogP contribution in [0.2, 0.25) is 0 Å². The molecule has 0 saturated heterocycles. The molecule has 1 N–H and O–H groups in total. The Hall–Kier alpha value is -2.90. The van der Waals surface area contributed by atoms with Crippen molar-refractivity contribution in [2.45, 2.75) is 19.9 Å². The first-order chi connectivity index (χ1) is 14.5. The summed E-state index contributed by atoms with van der Waals surface area (Å²) in [5.74, 6) is -0.452. The smallest absolute Gasteiger partial charge is 0.270 e. The molecule has 0 atom stereocenters. The predicted octanol–water partition coefficient (Wildman–Crippen LogP) is 4.26. The highest BCUT2D eigenvalue weighted by molar-refractivity contribution is 7.97. The molecule has 0 radical (unpaired) electrons. The number of Topliss-reactive ketones (excluding diaryl/α,β-unsaturated/α-hetero) is 1. The van der Waals surface area contributed by atoms with Crippen LogP contribution >= 0.6 is 11.3 Å². The number of benzene rings is 2. The Balaban J connectivity index is 1.59. The van der Waals surface area contributed by atoms with Gasteiger partial charge in [-0.2, -0.15) is 0 Å². The SMILES string of the molecule is Cc1ccc(CN2c3ccsc3C(=O)C(=CNCCc3ccccc3)S2(=O)=O)cc1. The van der Waals surface area contributed by atoms with Crippen LogP contribution in [0.3, 0.4) is 0 Å². The van der Waals surface area contributed by atoms with Crippen LogP contribution in [-0.4, -0.2) is 20.7 Å². The Morgan fingerprint density at radius 3 is 2.47 bits per heavy atom. The van der Waals surface area contributed by atoms with Gasteiger partial charge in [0.25, 0.3) is 10.0 Å². The number of carbonyl (C=O) groups excluding carboxylic acids is 1. The molecule has 2 heterocycles. The Bertz CT molecular complexity index is 1180. The van der Waals surface area contributed by atoms with E-state index in [4.69, 9.17) is 0 Å². The highest BCUT2D eigenvalue weighted by Gasteiger charge is 2.41. The summed E-state index contributed by atoms with van der Waals surface area (Å²) < 4.78 is 28.0. The Labute approximate surface area is 180 Å². The van der Waals surface area contributed by atoms with Gasteiger partial charge in [-0.1, -0.05) is 60.2 Å². The Morgan fingerprint density at radius 1 is 1.00 bits per heavy atom. The van der Waals surface area contributed by atoms with Crippen LogP contribution < -0.4 is 9.62 Å². The predicted molar refractivity (Wildman–Crippen MR) is 121 cm³/mol. The summed E-state index contributed by atoms with van der Waals surface area (Å²) in [6.45, 7) is 2.70. The molecular weight excluding hydrogens is 416 g/mol. The molecule has 7 heteroatoms. The van der Waals surface area contributed by atoms with Crippen LogP contribution in [0.15, 0.2) is 77.1 Å². The lowest BCUT2D eigenvalue weighted by atomic mass is 10.1. The maximum absolute atomic E-state index is 13.3. The Morgan fingerprint density at radius 2 is 1.73 bits per heavy atom. The fourth-order valence-corrected chi connectivity index (χ4v) is 5.85. The molecule has 154 valence electrons. The first-order valence-electron chi connectivity index (χ1n) is 9.65. The van der Waals surface area contributed by atoms with Gasteiger partial charge in [0.05, 0.1) is 12.2 Å². The van der Waals surface area contributed by atoms with E-state index < -0.39 is 15.8 Å². The number of thiophene rings is 1. The third-order valence-corrected chi connectivity index (χ3v) is 7.66. The molecule has 0 bridgehead atoms. The fraction of sp³-hybridized carbons (Fsp3) is 0.174. The van der Waals surface area contributed by atoms with Crippen molar-refractivity contribution in [3.05, 3.63) is 98.7 Å². The van der Waals surface area contributed by atoms with E-state index >= 15 is 0 Å². The molecule has 0 amide bonds. The maximum Gasteiger partial charge on any atom is 0.270 e. The summed E-state index contributed by atoms with van der Waals surface area (Å²) in [5, 5.41) is 4.78. The van der Waals surface area contributed by atoms with Gasteiger partial charge >= 0.3 is 0 Å². The van der Waals surface area contributed by atoms with Crippen molar-refractivity contribution in [2.24, 2.45) is 0 Å². The summed E-state index contributed by atoms with van der Waals surface area (Å²) >= 11 is 1.27.